The molecule has 34 heavy (non-hydrogen) atoms. The van der Waals surface area contributed by atoms with Gasteiger partial charge in [-0.1, -0.05) is 48.5 Å². The maximum Gasteiger partial charge on any atom is 0.407 e. The SMILES string of the molecule is O=C(O)CCC(NC(=O)OCC1c2ccccc2-c2ccccc21)C(=O)NCCCOC(F)F. The molecule has 0 radical (unpaired) electrons. The van der Waals surface area contributed by atoms with E-state index in [1.165, 1.54) is 0 Å². The molecule has 2 aromatic carbocycles. The van der Waals surface area contributed by atoms with E-state index in [0.717, 1.165) is 22.3 Å². The van der Waals surface area contributed by atoms with Gasteiger partial charge in [0.15, 0.2) is 0 Å². The number of hydrogen-bond acceptors (Lipinski definition) is 5. The highest BCUT2D eigenvalue weighted by atomic mass is 19.3. The smallest absolute Gasteiger partial charge is 0.407 e. The molecule has 0 aliphatic heterocycles. The lowest BCUT2D eigenvalue weighted by Gasteiger charge is -2.19. The van der Waals surface area contributed by atoms with Crippen molar-refractivity contribution in [2.45, 2.75) is 37.8 Å². The van der Waals surface area contributed by atoms with E-state index < -0.39 is 30.6 Å². The fourth-order valence-corrected chi connectivity index (χ4v) is 3.90. The first kappa shape index (κ1) is 25.1. The zero-order valence-corrected chi connectivity index (χ0v) is 18.3. The van der Waals surface area contributed by atoms with Crippen LogP contribution < -0.4 is 10.6 Å². The number of benzene rings is 2. The predicted molar refractivity (Wildman–Crippen MR) is 118 cm³/mol. The minimum atomic E-state index is -2.89. The Kier molecular flexibility index (Phi) is 8.92. The number of halogens is 2. The highest BCUT2D eigenvalue weighted by Crippen LogP contribution is 2.44. The third kappa shape index (κ3) is 6.74. The van der Waals surface area contributed by atoms with Crippen LogP contribution in [0.2, 0.25) is 0 Å². The van der Waals surface area contributed by atoms with Crippen molar-refractivity contribution in [2.24, 2.45) is 0 Å². The van der Waals surface area contributed by atoms with Crippen molar-refractivity contribution in [1.82, 2.24) is 10.6 Å². The van der Waals surface area contributed by atoms with Crippen LogP contribution in [-0.2, 0) is 19.1 Å². The quantitative estimate of drug-likeness (QED) is 0.404. The van der Waals surface area contributed by atoms with E-state index in [2.05, 4.69) is 15.4 Å². The van der Waals surface area contributed by atoms with E-state index in [9.17, 15) is 23.2 Å². The first-order chi connectivity index (χ1) is 16.4. The molecule has 0 spiro atoms. The molecular formula is C24H26F2N2O6. The maximum absolute atomic E-state index is 12.5. The normalized spacial score (nSPS) is 13.1. The van der Waals surface area contributed by atoms with Crippen molar-refractivity contribution < 1.29 is 37.7 Å². The summed E-state index contributed by atoms with van der Waals surface area (Å²) in [7, 11) is 0. The van der Waals surface area contributed by atoms with E-state index in [1.54, 1.807) is 0 Å². The summed E-state index contributed by atoms with van der Waals surface area (Å²) in [5, 5.41) is 13.8. The number of nitrogens with one attached hydrogen (secondary N) is 2. The Morgan fingerprint density at radius 2 is 1.62 bits per heavy atom. The molecule has 182 valence electrons. The van der Waals surface area contributed by atoms with Crippen LogP contribution in [0.4, 0.5) is 13.6 Å². The van der Waals surface area contributed by atoms with Crippen molar-refractivity contribution in [3.05, 3.63) is 59.7 Å². The summed E-state index contributed by atoms with van der Waals surface area (Å²) in [6, 6.07) is 14.5. The molecule has 8 nitrogen and oxygen atoms in total. The molecule has 1 aliphatic carbocycles. The lowest BCUT2D eigenvalue weighted by Crippen LogP contribution is -2.47. The van der Waals surface area contributed by atoms with E-state index in [4.69, 9.17) is 9.84 Å². The molecule has 0 saturated carbocycles. The molecule has 0 aromatic heterocycles. The maximum atomic E-state index is 12.5. The number of hydrogen-bond donors (Lipinski definition) is 3. The average molecular weight is 476 g/mol. The second-order valence-corrected chi connectivity index (χ2v) is 7.73. The molecule has 0 saturated heterocycles. The molecular weight excluding hydrogens is 450 g/mol. The minimum absolute atomic E-state index is 0.0293. The molecule has 0 heterocycles. The van der Waals surface area contributed by atoms with Gasteiger partial charge in [-0.15, -0.1) is 0 Å². The largest absolute Gasteiger partial charge is 0.481 e. The van der Waals surface area contributed by atoms with E-state index >= 15 is 0 Å². The summed E-state index contributed by atoms with van der Waals surface area (Å²) in [5.74, 6) is -1.93. The highest BCUT2D eigenvalue weighted by Gasteiger charge is 2.30. The Morgan fingerprint density at radius 3 is 2.21 bits per heavy atom. The topological polar surface area (TPSA) is 114 Å². The van der Waals surface area contributed by atoms with Gasteiger partial charge in [0.2, 0.25) is 5.91 Å². The van der Waals surface area contributed by atoms with Crippen LogP contribution in [-0.4, -0.2) is 55.5 Å². The predicted octanol–water partition coefficient (Wildman–Crippen LogP) is 3.50. The van der Waals surface area contributed by atoms with Gasteiger partial charge in [0, 0.05) is 18.9 Å². The molecule has 0 bridgehead atoms. The number of carbonyl (C=O) groups is 3. The summed E-state index contributed by atoms with van der Waals surface area (Å²) >= 11 is 0. The monoisotopic (exact) mass is 476 g/mol. The molecule has 1 aliphatic rings. The van der Waals surface area contributed by atoms with Gasteiger partial charge < -0.3 is 25.2 Å². The molecule has 1 unspecified atom stereocenters. The Labute approximate surface area is 195 Å². The molecule has 2 amide bonds. The first-order valence-corrected chi connectivity index (χ1v) is 10.9. The number of carboxylic acids is 1. The van der Waals surface area contributed by atoms with Crippen LogP contribution >= 0.6 is 0 Å². The fourth-order valence-electron chi connectivity index (χ4n) is 3.90. The first-order valence-electron chi connectivity index (χ1n) is 10.9. The number of ether oxygens (including phenoxy) is 2. The minimum Gasteiger partial charge on any atom is -0.481 e. The molecule has 2 aromatic rings. The third-order valence-electron chi connectivity index (χ3n) is 5.46. The van der Waals surface area contributed by atoms with Crippen LogP contribution in [0.1, 0.15) is 36.3 Å². The molecule has 1 atom stereocenters. The molecule has 10 heteroatoms. The summed E-state index contributed by atoms with van der Waals surface area (Å²) in [6.45, 7) is -3.08. The highest BCUT2D eigenvalue weighted by molar-refractivity contribution is 5.86. The number of fused-ring (bicyclic) bond motifs is 3. The van der Waals surface area contributed by atoms with Gasteiger partial charge in [0.25, 0.3) is 0 Å². The standard InChI is InChI=1S/C24H26F2N2O6/c25-23(26)33-13-5-12-27-22(31)20(10-11-21(29)30)28-24(32)34-14-19-17-8-3-1-6-15(17)16-7-2-4-9-18(16)19/h1-4,6-9,19-20,23H,5,10-14H2,(H,27,31)(H,28,32)(H,29,30). The van der Waals surface area contributed by atoms with E-state index in [0.29, 0.717) is 0 Å². The molecule has 0 fully saturated rings. The van der Waals surface area contributed by atoms with Crippen molar-refractivity contribution in [3.8, 4) is 11.1 Å². The van der Waals surface area contributed by atoms with Crippen LogP contribution in [0.5, 0.6) is 0 Å². The molecule has 3 rings (SSSR count). The Bertz CT molecular complexity index is 971. The van der Waals surface area contributed by atoms with Gasteiger partial charge in [-0.3, -0.25) is 9.59 Å². The second-order valence-electron chi connectivity index (χ2n) is 7.73. The average Bonchev–Trinajstić information content (AvgIpc) is 3.13. The van der Waals surface area contributed by atoms with Gasteiger partial charge in [-0.25, -0.2) is 4.79 Å². The number of rotatable bonds is 12. The Hall–Kier alpha value is -3.53. The van der Waals surface area contributed by atoms with Gasteiger partial charge in [0.05, 0.1) is 6.61 Å². The zero-order valence-electron chi connectivity index (χ0n) is 18.3. The summed E-state index contributed by atoms with van der Waals surface area (Å²) in [5.41, 5.74) is 4.20. The lowest BCUT2D eigenvalue weighted by atomic mass is 9.98. The van der Waals surface area contributed by atoms with Gasteiger partial charge in [-0.2, -0.15) is 8.78 Å². The fraction of sp³-hybridized carbons (Fsp3) is 0.375. The van der Waals surface area contributed by atoms with E-state index in [1.807, 2.05) is 48.5 Å². The number of alkyl halides is 2. The zero-order chi connectivity index (χ0) is 24.5. The Balaban J connectivity index is 1.57. The van der Waals surface area contributed by atoms with Gasteiger partial charge in [-0.05, 0) is 35.1 Å². The van der Waals surface area contributed by atoms with Crippen LogP contribution in [0, 0.1) is 0 Å². The number of aliphatic carboxylic acids is 1. The van der Waals surface area contributed by atoms with Crippen molar-refractivity contribution in [3.63, 3.8) is 0 Å². The van der Waals surface area contributed by atoms with Crippen molar-refractivity contribution in [1.29, 1.82) is 0 Å². The van der Waals surface area contributed by atoms with Gasteiger partial charge in [0.1, 0.15) is 12.6 Å². The van der Waals surface area contributed by atoms with Gasteiger partial charge >= 0.3 is 18.7 Å². The van der Waals surface area contributed by atoms with Crippen molar-refractivity contribution >= 4 is 18.0 Å². The Morgan fingerprint density at radius 1 is 1.00 bits per heavy atom. The van der Waals surface area contributed by atoms with Crippen LogP contribution in [0.15, 0.2) is 48.5 Å². The summed E-state index contributed by atoms with van der Waals surface area (Å²) in [4.78, 5) is 35.8. The second kappa shape index (κ2) is 12.1. The summed E-state index contributed by atoms with van der Waals surface area (Å²) in [6.07, 6.45) is -1.23. The molecule has 3 N–H and O–H groups in total. The number of alkyl carbamates (subject to hydrolysis) is 1. The van der Waals surface area contributed by atoms with E-state index in [-0.39, 0.29) is 44.9 Å². The number of carboxylic acid groups (broad SMARTS) is 1. The summed E-state index contributed by atoms with van der Waals surface area (Å²) < 4.78 is 33.5. The third-order valence-corrected chi connectivity index (χ3v) is 5.46. The lowest BCUT2D eigenvalue weighted by molar-refractivity contribution is -0.137. The number of carbonyl (C=O) groups excluding carboxylic acids is 2. The van der Waals surface area contributed by atoms with Crippen LogP contribution in [0.25, 0.3) is 11.1 Å². The van der Waals surface area contributed by atoms with Crippen molar-refractivity contribution in [2.75, 3.05) is 19.8 Å². The van der Waals surface area contributed by atoms with Crippen LogP contribution in [0.3, 0.4) is 0 Å². The number of amides is 2.